The monoisotopic (exact) mass is 397 g/mol. The van der Waals surface area contributed by atoms with Gasteiger partial charge in [0, 0.05) is 24.2 Å². The number of hydrogen-bond acceptors (Lipinski definition) is 5. The third-order valence-electron chi connectivity index (χ3n) is 4.88. The van der Waals surface area contributed by atoms with Gasteiger partial charge in [0.2, 0.25) is 17.6 Å². The number of aryl methyl sites for hydroxylation is 1. The van der Waals surface area contributed by atoms with Crippen LogP contribution in [0.25, 0.3) is 11.4 Å². The zero-order valence-electron chi connectivity index (χ0n) is 15.7. The number of methoxy groups -OCH3 is 1. The Balaban J connectivity index is 1.52. The highest BCUT2D eigenvalue weighted by Crippen LogP contribution is 2.32. The Bertz CT molecular complexity index is 1030. The van der Waals surface area contributed by atoms with Gasteiger partial charge in [0.25, 0.3) is 0 Å². The standard InChI is InChI=1S/C21H20ClN3O3/c1-3-19-23-21(24-28-19)15-5-6-17-14(12-15)8-9-25(17)20(26)11-13-4-7-18(27-2)16(22)10-13/h4-7,10,12H,3,8-9,11H2,1-2H3. The van der Waals surface area contributed by atoms with Crippen LogP contribution in [0.3, 0.4) is 0 Å². The van der Waals surface area contributed by atoms with Crippen molar-refractivity contribution < 1.29 is 14.1 Å². The molecule has 0 spiro atoms. The van der Waals surface area contributed by atoms with E-state index in [1.807, 2.05) is 36.1 Å². The second-order valence-electron chi connectivity index (χ2n) is 6.65. The SMILES string of the molecule is CCc1nc(-c2ccc3c(c2)CCN3C(=O)Cc2ccc(OC)c(Cl)c2)no1. The maximum Gasteiger partial charge on any atom is 0.231 e. The second-order valence-corrected chi connectivity index (χ2v) is 7.06. The quantitative estimate of drug-likeness (QED) is 0.648. The number of amides is 1. The Hall–Kier alpha value is -2.86. The summed E-state index contributed by atoms with van der Waals surface area (Å²) in [6.45, 7) is 2.63. The van der Waals surface area contributed by atoms with Crippen LogP contribution in [-0.4, -0.2) is 29.7 Å². The van der Waals surface area contributed by atoms with Gasteiger partial charge < -0.3 is 14.2 Å². The lowest BCUT2D eigenvalue weighted by Gasteiger charge is -2.18. The van der Waals surface area contributed by atoms with E-state index in [0.29, 0.717) is 35.5 Å². The highest BCUT2D eigenvalue weighted by molar-refractivity contribution is 6.32. The number of fused-ring (bicyclic) bond motifs is 1. The molecule has 2 aromatic carbocycles. The van der Waals surface area contributed by atoms with E-state index in [1.165, 1.54) is 0 Å². The van der Waals surface area contributed by atoms with E-state index in [1.54, 1.807) is 19.2 Å². The first-order chi connectivity index (χ1) is 13.6. The molecule has 1 amide bonds. The molecule has 1 aliphatic heterocycles. The lowest BCUT2D eigenvalue weighted by atomic mass is 10.1. The minimum atomic E-state index is 0.0422. The van der Waals surface area contributed by atoms with Gasteiger partial charge in [-0.15, -0.1) is 0 Å². The maximum atomic E-state index is 12.9. The fourth-order valence-electron chi connectivity index (χ4n) is 3.41. The van der Waals surface area contributed by atoms with Crippen LogP contribution < -0.4 is 9.64 Å². The van der Waals surface area contributed by atoms with Crippen molar-refractivity contribution in [2.75, 3.05) is 18.6 Å². The molecule has 144 valence electrons. The smallest absolute Gasteiger partial charge is 0.231 e. The second kappa shape index (κ2) is 7.64. The fraction of sp³-hybridized carbons (Fsp3) is 0.286. The highest BCUT2D eigenvalue weighted by atomic mass is 35.5. The Morgan fingerprint density at radius 1 is 1.29 bits per heavy atom. The topological polar surface area (TPSA) is 68.5 Å². The number of ether oxygens (including phenoxy) is 1. The van der Waals surface area contributed by atoms with Crippen LogP contribution in [0.15, 0.2) is 40.9 Å². The minimum Gasteiger partial charge on any atom is -0.495 e. The number of rotatable bonds is 5. The highest BCUT2D eigenvalue weighted by Gasteiger charge is 2.25. The van der Waals surface area contributed by atoms with Gasteiger partial charge in [-0.3, -0.25) is 4.79 Å². The van der Waals surface area contributed by atoms with Crippen molar-refractivity contribution in [3.05, 3.63) is 58.4 Å². The Kier molecular flexibility index (Phi) is 5.05. The van der Waals surface area contributed by atoms with Gasteiger partial charge in [0.15, 0.2) is 0 Å². The molecule has 0 saturated carbocycles. The minimum absolute atomic E-state index is 0.0422. The van der Waals surface area contributed by atoms with Gasteiger partial charge in [-0.2, -0.15) is 4.98 Å². The van der Waals surface area contributed by atoms with Gasteiger partial charge >= 0.3 is 0 Å². The third kappa shape index (κ3) is 3.47. The number of carbonyl (C=O) groups is 1. The van der Waals surface area contributed by atoms with Crippen molar-refractivity contribution in [3.63, 3.8) is 0 Å². The molecule has 4 rings (SSSR count). The van der Waals surface area contributed by atoms with Crippen molar-refractivity contribution >= 4 is 23.2 Å². The van der Waals surface area contributed by atoms with E-state index in [2.05, 4.69) is 10.1 Å². The molecule has 2 heterocycles. The molecule has 7 heteroatoms. The molecule has 3 aromatic rings. The lowest BCUT2D eigenvalue weighted by Crippen LogP contribution is -2.30. The first-order valence-electron chi connectivity index (χ1n) is 9.17. The van der Waals surface area contributed by atoms with Gasteiger partial charge in [0.1, 0.15) is 5.75 Å². The predicted octanol–water partition coefficient (Wildman–Crippen LogP) is 4.09. The van der Waals surface area contributed by atoms with Crippen LogP contribution >= 0.6 is 11.6 Å². The van der Waals surface area contributed by atoms with E-state index >= 15 is 0 Å². The molecule has 1 aromatic heterocycles. The van der Waals surface area contributed by atoms with Crippen molar-refractivity contribution in [3.8, 4) is 17.1 Å². The van der Waals surface area contributed by atoms with Gasteiger partial charge in [-0.1, -0.05) is 29.7 Å². The summed E-state index contributed by atoms with van der Waals surface area (Å²) in [4.78, 5) is 19.1. The summed E-state index contributed by atoms with van der Waals surface area (Å²) in [6.07, 6.45) is 1.79. The Morgan fingerprint density at radius 2 is 2.14 bits per heavy atom. The van der Waals surface area contributed by atoms with E-state index in [-0.39, 0.29) is 12.3 Å². The van der Waals surface area contributed by atoms with Crippen LogP contribution in [0.4, 0.5) is 5.69 Å². The zero-order chi connectivity index (χ0) is 19.7. The van der Waals surface area contributed by atoms with E-state index in [9.17, 15) is 4.79 Å². The number of anilines is 1. The van der Waals surface area contributed by atoms with Gasteiger partial charge in [0.05, 0.1) is 18.6 Å². The molecule has 28 heavy (non-hydrogen) atoms. The van der Waals surface area contributed by atoms with Crippen LogP contribution in [0.2, 0.25) is 5.02 Å². The van der Waals surface area contributed by atoms with Crippen molar-refractivity contribution in [2.24, 2.45) is 0 Å². The van der Waals surface area contributed by atoms with Gasteiger partial charge in [-0.25, -0.2) is 0 Å². The molecular formula is C21H20ClN3O3. The molecule has 6 nitrogen and oxygen atoms in total. The number of benzene rings is 2. The van der Waals surface area contributed by atoms with Crippen molar-refractivity contribution in [1.29, 1.82) is 0 Å². The molecule has 0 N–H and O–H groups in total. The number of carbonyl (C=O) groups excluding carboxylic acids is 1. The molecule has 0 unspecified atom stereocenters. The summed E-state index contributed by atoms with van der Waals surface area (Å²) >= 11 is 6.17. The Morgan fingerprint density at radius 3 is 2.86 bits per heavy atom. The number of nitrogens with zero attached hydrogens (tertiary/aromatic N) is 3. The molecule has 1 aliphatic rings. The largest absolute Gasteiger partial charge is 0.495 e. The number of aromatic nitrogens is 2. The Labute approximate surface area is 168 Å². The summed E-state index contributed by atoms with van der Waals surface area (Å²) < 4.78 is 10.4. The predicted molar refractivity (Wildman–Crippen MR) is 107 cm³/mol. The summed E-state index contributed by atoms with van der Waals surface area (Å²) in [7, 11) is 1.57. The molecule has 0 bridgehead atoms. The third-order valence-corrected chi connectivity index (χ3v) is 5.17. The lowest BCUT2D eigenvalue weighted by molar-refractivity contribution is -0.117. The molecule has 0 saturated heterocycles. The normalized spacial score (nSPS) is 12.9. The average Bonchev–Trinajstić information content (AvgIpc) is 3.34. The first kappa shape index (κ1) is 18.5. The summed E-state index contributed by atoms with van der Waals surface area (Å²) in [5.41, 5.74) is 3.81. The summed E-state index contributed by atoms with van der Waals surface area (Å²) in [5, 5.41) is 4.53. The summed E-state index contributed by atoms with van der Waals surface area (Å²) in [6, 6.07) is 11.4. The molecule has 0 radical (unpaired) electrons. The summed E-state index contributed by atoms with van der Waals surface area (Å²) in [5.74, 6) is 1.84. The average molecular weight is 398 g/mol. The van der Waals surface area contributed by atoms with E-state index < -0.39 is 0 Å². The molecule has 0 fully saturated rings. The zero-order valence-corrected chi connectivity index (χ0v) is 16.5. The van der Waals surface area contributed by atoms with Gasteiger partial charge in [-0.05, 0) is 47.9 Å². The van der Waals surface area contributed by atoms with Crippen LogP contribution in [-0.2, 0) is 24.1 Å². The van der Waals surface area contributed by atoms with Crippen molar-refractivity contribution in [2.45, 2.75) is 26.2 Å². The first-order valence-corrected chi connectivity index (χ1v) is 9.55. The molecule has 0 aliphatic carbocycles. The van der Waals surface area contributed by atoms with E-state index in [4.69, 9.17) is 20.9 Å². The number of hydrogen-bond donors (Lipinski definition) is 0. The maximum absolute atomic E-state index is 12.9. The van der Waals surface area contributed by atoms with Crippen LogP contribution in [0.1, 0.15) is 23.9 Å². The molecule has 0 atom stereocenters. The number of halogens is 1. The van der Waals surface area contributed by atoms with Crippen molar-refractivity contribution in [1.82, 2.24) is 10.1 Å². The fourth-order valence-corrected chi connectivity index (χ4v) is 3.69. The van der Waals surface area contributed by atoms with Crippen LogP contribution in [0.5, 0.6) is 5.75 Å². The van der Waals surface area contributed by atoms with E-state index in [0.717, 1.165) is 28.8 Å². The molecular weight excluding hydrogens is 378 g/mol. The van der Waals surface area contributed by atoms with Crippen LogP contribution in [0, 0.1) is 0 Å².